The van der Waals surface area contributed by atoms with Crippen LogP contribution in [0.3, 0.4) is 0 Å². The van der Waals surface area contributed by atoms with Crippen LogP contribution in [0.1, 0.15) is 90.6 Å². The maximum atomic E-state index is 13.4. The van der Waals surface area contributed by atoms with Gasteiger partial charge in [-0.15, -0.1) is 0 Å². The number of carbonyl (C=O) groups is 2. The molecule has 1 fully saturated rings. The van der Waals surface area contributed by atoms with E-state index in [9.17, 15) is 25.1 Å². The van der Waals surface area contributed by atoms with Gasteiger partial charge in [-0.3, -0.25) is 19.4 Å². The number of amides is 2. The predicted octanol–water partition coefficient (Wildman–Crippen LogP) is 3.72. The van der Waals surface area contributed by atoms with Crippen LogP contribution in [-0.4, -0.2) is 76.4 Å². The number of piperazine rings is 1. The zero-order valence-corrected chi connectivity index (χ0v) is 27.6. The fourth-order valence-corrected chi connectivity index (χ4v) is 8.17. The molecule has 4 aliphatic heterocycles. The second-order valence-electron chi connectivity index (χ2n) is 13.4. The lowest BCUT2D eigenvalue weighted by Gasteiger charge is -2.60. The van der Waals surface area contributed by atoms with Gasteiger partial charge in [-0.1, -0.05) is 25.8 Å². The molecule has 2 amide bonds. The molecule has 2 bridgehead atoms. The third kappa shape index (κ3) is 5.03. The van der Waals surface area contributed by atoms with E-state index in [1.807, 2.05) is 20.9 Å². The fraction of sp³-hybridized carbons (Fsp3) is 0.571. The van der Waals surface area contributed by atoms with E-state index in [1.165, 1.54) is 0 Å². The highest BCUT2D eigenvalue weighted by molar-refractivity contribution is 5.87. The summed E-state index contributed by atoms with van der Waals surface area (Å²) < 4.78 is 11.8. The number of aromatic hydroxyl groups is 2. The van der Waals surface area contributed by atoms with Crippen LogP contribution in [0, 0.1) is 32.1 Å². The minimum absolute atomic E-state index is 0.00517. The molecule has 0 radical (unpaired) electrons. The van der Waals surface area contributed by atoms with Crippen LogP contribution in [-0.2, 0) is 22.4 Å². The van der Waals surface area contributed by atoms with Crippen molar-refractivity contribution < 1.29 is 29.3 Å². The van der Waals surface area contributed by atoms with Crippen molar-refractivity contribution in [2.24, 2.45) is 0 Å². The largest absolute Gasteiger partial charge is 0.507 e. The lowest BCUT2D eigenvalue weighted by molar-refractivity contribution is -0.129. The van der Waals surface area contributed by atoms with E-state index in [1.54, 1.807) is 13.8 Å². The molecule has 0 aliphatic carbocycles. The highest BCUT2D eigenvalue weighted by Crippen LogP contribution is 2.57. The van der Waals surface area contributed by atoms with Gasteiger partial charge in [-0.05, 0) is 70.7 Å². The van der Waals surface area contributed by atoms with Crippen LogP contribution in [0.25, 0.3) is 0 Å². The molecule has 1 unspecified atom stereocenters. The van der Waals surface area contributed by atoms with Crippen molar-refractivity contribution in [2.75, 3.05) is 20.4 Å². The molecule has 0 aromatic heterocycles. The van der Waals surface area contributed by atoms with E-state index in [4.69, 9.17) is 9.47 Å². The number of rotatable bonds is 8. The summed E-state index contributed by atoms with van der Waals surface area (Å²) in [7, 11) is 2.01. The number of hydrogen-bond acceptors (Lipinski definition) is 9. The van der Waals surface area contributed by atoms with Crippen molar-refractivity contribution in [3.63, 3.8) is 0 Å². The molecule has 11 nitrogen and oxygen atoms in total. The number of fused-ring (bicyclic) bond motifs is 9. The molecule has 4 aliphatic rings. The smallest absolute Gasteiger partial charge is 0.242 e. The van der Waals surface area contributed by atoms with Crippen molar-refractivity contribution in [3.05, 3.63) is 45.0 Å². The molecule has 246 valence electrons. The topological polar surface area (TPSA) is 147 Å². The molecule has 11 heteroatoms. The predicted molar refractivity (Wildman–Crippen MR) is 171 cm³/mol. The Morgan fingerprint density at radius 1 is 1.07 bits per heavy atom. The highest BCUT2D eigenvalue weighted by atomic mass is 16.7. The summed E-state index contributed by atoms with van der Waals surface area (Å²) in [5.74, 6) is 0.872. The van der Waals surface area contributed by atoms with E-state index >= 15 is 0 Å². The van der Waals surface area contributed by atoms with E-state index < -0.39 is 18.1 Å². The van der Waals surface area contributed by atoms with Crippen LogP contribution in [0.2, 0.25) is 0 Å². The standard InChI is InChI=1S/C35H45N5O6/c1-7-8-9-10-27(41)38-20(5)35(44)37-15-26-29-22(31(42)19(4)33-34(29)46-16-45-33)13-24-30-28-21(11-17(2)18(3)32(28)43)12-23(39(30)6)25(14-36)40(24)26/h11,20,23-26,30,42-43H,7-10,12-13,15-16H2,1-6H3,(H,37,44)(H,38,41)/t20-,23-,24?,25-,26-,30-/m0/s1. The van der Waals surface area contributed by atoms with Gasteiger partial charge in [0, 0.05) is 47.3 Å². The van der Waals surface area contributed by atoms with Gasteiger partial charge in [0.25, 0.3) is 0 Å². The Morgan fingerprint density at radius 2 is 1.80 bits per heavy atom. The average Bonchev–Trinajstić information content (AvgIpc) is 3.52. The second-order valence-corrected chi connectivity index (χ2v) is 13.4. The Hall–Kier alpha value is -4.01. The van der Waals surface area contributed by atoms with Gasteiger partial charge >= 0.3 is 0 Å². The Labute approximate surface area is 270 Å². The number of phenols is 2. The molecule has 0 spiro atoms. The number of carbonyl (C=O) groups excluding carboxylic acids is 2. The summed E-state index contributed by atoms with van der Waals surface area (Å²) in [4.78, 5) is 30.2. The van der Waals surface area contributed by atoms with Gasteiger partial charge in [0.15, 0.2) is 11.5 Å². The van der Waals surface area contributed by atoms with Crippen molar-refractivity contribution in [2.45, 2.75) is 109 Å². The molecule has 6 rings (SSSR count). The first kappa shape index (κ1) is 32.0. The Balaban J connectivity index is 1.41. The van der Waals surface area contributed by atoms with Crippen molar-refractivity contribution in [1.29, 1.82) is 5.26 Å². The van der Waals surface area contributed by atoms with E-state index in [0.29, 0.717) is 47.5 Å². The molecular formula is C35H45N5O6. The van der Waals surface area contributed by atoms with E-state index in [0.717, 1.165) is 41.5 Å². The van der Waals surface area contributed by atoms with Gasteiger partial charge in [0.05, 0.1) is 18.2 Å². The first-order valence-electron chi connectivity index (χ1n) is 16.4. The summed E-state index contributed by atoms with van der Waals surface area (Å²) in [6.45, 7) is 9.57. The first-order chi connectivity index (χ1) is 22.0. The molecule has 1 saturated heterocycles. The molecule has 6 atom stereocenters. The molecule has 0 saturated carbocycles. The number of benzene rings is 2. The third-order valence-electron chi connectivity index (χ3n) is 10.7. The molecule has 4 N–H and O–H groups in total. The van der Waals surface area contributed by atoms with E-state index in [2.05, 4.69) is 39.5 Å². The number of likely N-dealkylation sites (N-methyl/N-ethyl adjacent to an activating group) is 1. The Morgan fingerprint density at radius 3 is 2.52 bits per heavy atom. The highest BCUT2D eigenvalue weighted by Gasteiger charge is 2.56. The fourth-order valence-electron chi connectivity index (χ4n) is 8.17. The zero-order valence-electron chi connectivity index (χ0n) is 27.6. The number of unbranched alkanes of at least 4 members (excludes halogenated alkanes) is 2. The Kier molecular flexibility index (Phi) is 8.55. The third-order valence-corrected chi connectivity index (χ3v) is 10.7. The molecule has 4 heterocycles. The van der Waals surface area contributed by atoms with Crippen molar-refractivity contribution in [1.82, 2.24) is 20.4 Å². The number of hydrogen-bond donors (Lipinski definition) is 4. The van der Waals surface area contributed by atoms with E-state index in [-0.39, 0.29) is 54.8 Å². The van der Waals surface area contributed by atoms with Crippen LogP contribution < -0.4 is 20.1 Å². The number of ether oxygens (including phenoxy) is 2. The van der Waals surface area contributed by atoms with Gasteiger partial charge < -0.3 is 30.3 Å². The van der Waals surface area contributed by atoms with Gasteiger partial charge in [0.2, 0.25) is 18.6 Å². The molecular weight excluding hydrogens is 586 g/mol. The molecule has 46 heavy (non-hydrogen) atoms. The maximum Gasteiger partial charge on any atom is 0.242 e. The van der Waals surface area contributed by atoms with Crippen molar-refractivity contribution >= 4 is 11.8 Å². The maximum absolute atomic E-state index is 13.4. The number of nitrogens with one attached hydrogen (secondary N) is 2. The van der Waals surface area contributed by atoms with Gasteiger partial charge in [-0.2, -0.15) is 5.26 Å². The summed E-state index contributed by atoms with van der Waals surface area (Å²) in [6.07, 6.45) is 4.08. The lowest BCUT2D eigenvalue weighted by Crippen LogP contribution is -2.69. The van der Waals surface area contributed by atoms with Crippen LogP contribution >= 0.6 is 0 Å². The summed E-state index contributed by atoms with van der Waals surface area (Å²) in [5.41, 5.74) is 5.71. The minimum Gasteiger partial charge on any atom is -0.507 e. The summed E-state index contributed by atoms with van der Waals surface area (Å²) in [5, 5.41) is 39.8. The lowest BCUT2D eigenvalue weighted by atomic mass is 9.71. The Bertz CT molecular complexity index is 1620. The monoisotopic (exact) mass is 631 g/mol. The zero-order chi connectivity index (χ0) is 33.0. The molecule has 2 aromatic carbocycles. The normalized spacial score (nSPS) is 25.1. The number of nitrogens with zero attached hydrogens (tertiary/aromatic N) is 3. The number of phenolic OH excluding ortho intramolecular Hbond substituents is 2. The summed E-state index contributed by atoms with van der Waals surface area (Å²) in [6, 6.07) is 2.11. The van der Waals surface area contributed by atoms with Crippen LogP contribution in [0.4, 0.5) is 0 Å². The second kappa shape index (κ2) is 12.3. The molecule has 2 aromatic rings. The minimum atomic E-state index is -0.752. The number of aryl methyl sites for hydroxylation is 1. The van der Waals surface area contributed by atoms with Crippen LogP contribution in [0.5, 0.6) is 23.0 Å². The van der Waals surface area contributed by atoms with Crippen LogP contribution in [0.15, 0.2) is 6.07 Å². The van der Waals surface area contributed by atoms with Gasteiger partial charge in [0.1, 0.15) is 23.6 Å². The SMILES string of the molecule is CCCCCC(=O)N[C@@H](C)C(=O)NC[C@H]1c2c(c(O)c(C)c3c2OCO3)CC2[C@H]3c4c(cc(C)c(C)c4O)C[C@@H]([C@H](C#N)N21)N3C. The number of nitriles is 1. The van der Waals surface area contributed by atoms with Crippen molar-refractivity contribution in [3.8, 4) is 29.1 Å². The summed E-state index contributed by atoms with van der Waals surface area (Å²) >= 11 is 0. The first-order valence-corrected chi connectivity index (χ1v) is 16.4. The average molecular weight is 632 g/mol. The van der Waals surface area contributed by atoms with Gasteiger partial charge in [-0.25, -0.2) is 0 Å². The quantitative estimate of drug-likeness (QED) is 0.320.